The van der Waals surface area contributed by atoms with E-state index >= 15 is 0 Å². The minimum atomic E-state index is -0.159. The molecule has 2 amide bonds. The van der Waals surface area contributed by atoms with E-state index in [0.717, 1.165) is 39.5 Å². The van der Waals surface area contributed by atoms with E-state index in [2.05, 4.69) is 21.4 Å². The standard InChI is InChI=1S/C27H28N4O3/c1-17-13-28-18(2)27(30-17)20-8-9-24-21(10-20)11-23(34-24)14-29-25(32)16-31-15-22(12-26(31)33)19-6-4-3-5-7-19/h3-10,13,22-23H,11-12,14-16H2,1-2H3,(H,29,32)/t22-,23-/m0/s1. The number of benzene rings is 2. The average Bonchev–Trinajstić information content (AvgIpc) is 3.42. The topological polar surface area (TPSA) is 84.4 Å². The fourth-order valence-electron chi connectivity index (χ4n) is 4.72. The Bertz CT molecular complexity index is 1230. The third-order valence-electron chi connectivity index (χ3n) is 6.50. The summed E-state index contributed by atoms with van der Waals surface area (Å²) in [5.74, 6) is 0.843. The van der Waals surface area contributed by atoms with Crippen LogP contribution in [0, 0.1) is 13.8 Å². The molecule has 3 aromatic rings. The summed E-state index contributed by atoms with van der Waals surface area (Å²) >= 11 is 0. The Kier molecular flexibility index (Phi) is 6.01. The zero-order valence-corrected chi connectivity index (χ0v) is 19.5. The van der Waals surface area contributed by atoms with Gasteiger partial charge < -0.3 is 15.0 Å². The molecule has 2 atom stereocenters. The number of carbonyl (C=O) groups excluding carboxylic acids is 2. The minimum absolute atomic E-state index is 0.0237. The highest BCUT2D eigenvalue weighted by Crippen LogP contribution is 2.33. The van der Waals surface area contributed by atoms with Crippen molar-refractivity contribution in [2.45, 2.75) is 38.7 Å². The fourth-order valence-corrected chi connectivity index (χ4v) is 4.72. The summed E-state index contributed by atoms with van der Waals surface area (Å²) in [7, 11) is 0. The monoisotopic (exact) mass is 456 g/mol. The molecule has 2 aliphatic heterocycles. The van der Waals surface area contributed by atoms with Gasteiger partial charge in [-0.05, 0) is 43.2 Å². The average molecular weight is 457 g/mol. The van der Waals surface area contributed by atoms with Crippen LogP contribution < -0.4 is 10.1 Å². The quantitative estimate of drug-likeness (QED) is 0.616. The summed E-state index contributed by atoms with van der Waals surface area (Å²) in [6, 6.07) is 16.1. The first kappa shape index (κ1) is 22.1. The van der Waals surface area contributed by atoms with Gasteiger partial charge in [-0.25, -0.2) is 4.98 Å². The van der Waals surface area contributed by atoms with Crippen LogP contribution in [-0.2, 0) is 16.0 Å². The van der Waals surface area contributed by atoms with Gasteiger partial charge in [-0.2, -0.15) is 0 Å². The van der Waals surface area contributed by atoms with Crippen LogP contribution in [0.2, 0.25) is 0 Å². The van der Waals surface area contributed by atoms with Gasteiger partial charge in [0, 0.05) is 37.1 Å². The van der Waals surface area contributed by atoms with E-state index in [4.69, 9.17) is 4.74 Å². The number of rotatable bonds is 6. The second-order valence-electron chi connectivity index (χ2n) is 9.10. The molecular formula is C27H28N4O3. The molecule has 0 saturated carbocycles. The van der Waals surface area contributed by atoms with Crippen LogP contribution in [0.5, 0.6) is 5.75 Å². The maximum atomic E-state index is 12.6. The van der Waals surface area contributed by atoms with E-state index in [1.807, 2.05) is 56.3 Å². The molecule has 5 rings (SSSR count). The number of carbonyl (C=O) groups is 2. The van der Waals surface area contributed by atoms with Crippen LogP contribution in [0.15, 0.2) is 54.7 Å². The van der Waals surface area contributed by atoms with Crippen LogP contribution in [-0.4, -0.2) is 52.4 Å². The van der Waals surface area contributed by atoms with Crippen molar-refractivity contribution >= 4 is 11.8 Å². The highest BCUT2D eigenvalue weighted by Gasteiger charge is 2.32. The van der Waals surface area contributed by atoms with Gasteiger partial charge in [0.1, 0.15) is 11.9 Å². The lowest BCUT2D eigenvalue weighted by Gasteiger charge is -2.17. The summed E-state index contributed by atoms with van der Waals surface area (Å²) in [5.41, 5.74) is 5.90. The Hall–Kier alpha value is -3.74. The molecule has 7 heteroatoms. The van der Waals surface area contributed by atoms with Crippen LogP contribution in [0.4, 0.5) is 0 Å². The van der Waals surface area contributed by atoms with Gasteiger partial charge in [-0.15, -0.1) is 0 Å². The van der Waals surface area contributed by atoms with E-state index in [1.165, 1.54) is 0 Å². The first-order chi connectivity index (χ1) is 16.5. The number of aromatic nitrogens is 2. The lowest BCUT2D eigenvalue weighted by Crippen LogP contribution is -2.41. The number of amides is 2. The van der Waals surface area contributed by atoms with Crippen LogP contribution in [0.3, 0.4) is 0 Å². The van der Waals surface area contributed by atoms with Crippen molar-refractivity contribution in [3.05, 3.63) is 77.2 Å². The molecule has 0 unspecified atom stereocenters. The second-order valence-corrected chi connectivity index (χ2v) is 9.10. The lowest BCUT2D eigenvalue weighted by atomic mass is 9.99. The summed E-state index contributed by atoms with van der Waals surface area (Å²) in [4.78, 5) is 35.7. The third kappa shape index (κ3) is 4.64. The predicted octanol–water partition coefficient (Wildman–Crippen LogP) is 3.20. The predicted molar refractivity (Wildman–Crippen MR) is 128 cm³/mol. The van der Waals surface area contributed by atoms with Crippen molar-refractivity contribution < 1.29 is 14.3 Å². The molecule has 2 aromatic carbocycles. The van der Waals surface area contributed by atoms with Crippen molar-refractivity contribution in [1.29, 1.82) is 0 Å². The van der Waals surface area contributed by atoms with E-state index in [-0.39, 0.29) is 30.4 Å². The molecule has 2 aliphatic rings. The number of nitrogens with zero attached hydrogens (tertiary/aromatic N) is 3. The Morgan fingerprint density at radius 2 is 1.97 bits per heavy atom. The van der Waals surface area contributed by atoms with Gasteiger partial charge in [0.15, 0.2) is 0 Å². The maximum absolute atomic E-state index is 12.6. The molecule has 0 radical (unpaired) electrons. The van der Waals surface area contributed by atoms with E-state index in [1.54, 1.807) is 11.1 Å². The van der Waals surface area contributed by atoms with Crippen LogP contribution >= 0.6 is 0 Å². The second kappa shape index (κ2) is 9.25. The van der Waals surface area contributed by atoms with Gasteiger partial charge in [0.2, 0.25) is 11.8 Å². The maximum Gasteiger partial charge on any atom is 0.239 e. The number of hydrogen-bond donors (Lipinski definition) is 1. The molecule has 0 spiro atoms. The van der Waals surface area contributed by atoms with Crippen LogP contribution in [0.25, 0.3) is 11.3 Å². The highest BCUT2D eigenvalue weighted by atomic mass is 16.5. The van der Waals surface area contributed by atoms with Gasteiger partial charge in [-0.1, -0.05) is 30.3 Å². The Morgan fingerprint density at radius 1 is 1.15 bits per heavy atom. The van der Waals surface area contributed by atoms with Gasteiger partial charge in [0.05, 0.1) is 30.2 Å². The summed E-state index contributed by atoms with van der Waals surface area (Å²) in [6.07, 6.45) is 2.79. The number of likely N-dealkylation sites (tertiary alicyclic amines) is 1. The number of hydrogen-bond acceptors (Lipinski definition) is 5. The molecular weight excluding hydrogens is 428 g/mol. The van der Waals surface area contributed by atoms with Gasteiger partial charge in [0.25, 0.3) is 0 Å². The Balaban J connectivity index is 1.15. The number of aryl methyl sites for hydroxylation is 2. The highest BCUT2D eigenvalue weighted by molar-refractivity contribution is 5.86. The molecule has 0 aliphatic carbocycles. The molecule has 3 heterocycles. The first-order valence-electron chi connectivity index (χ1n) is 11.7. The van der Waals surface area contributed by atoms with Crippen molar-refractivity contribution in [3.8, 4) is 17.0 Å². The normalized spacial score (nSPS) is 19.1. The number of fused-ring (bicyclic) bond motifs is 1. The first-order valence-corrected chi connectivity index (χ1v) is 11.7. The SMILES string of the molecule is Cc1cnc(C)c(-c2ccc3c(c2)C[C@@H](CNC(=O)CN2C[C@@H](c4ccccc4)CC2=O)O3)n1. The number of ether oxygens (including phenoxy) is 1. The largest absolute Gasteiger partial charge is 0.488 e. The molecule has 1 aromatic heterocycles. The molecule has 34 heavy (non-hydrogen) atoms. The smallest absolute Gasteiger partial charge is 0.239 e. The van der Waals surface area contributed by atoms with Crippen molar-refractivity contribution in [1.82, 2.24) is 20.2 Å². The summed E-state index contributed by atoms with van der Waals surface area (Å²) < 4.78 is 6.04. The lowest BCUT2D eigenvalue weighted by molar-refractivity contribution is -0.133. The molecule has 7 nitrogen and oxygen atoms in total. The van der Waals surface area contributed by atoms with Crippen molar-refractivity contribution in [2.24, 2.45) is 0 Å². The molecule has 0 bridgehead atoms. The molecule has 1 N–H and O–H groups in total. The Labute approximate surface area is 199 Å². The Morgan fingerprint density at radius 3 is 2.79 bits per heavy atom. The van der Waals surface area contributed by atoms with E-state index in [9.17, 15) is 9.59 Å². The van der Waals surface area contributed by atoms with Crippen molar-refractivity contribution in [3.63, 3.8) is 0 Å². The number of nitrogens with one attached hydrogen (secondary N) is 1. The fraction of sp³-hybridized carbons (Fsp3) is 0.333. The van der Waals surface area contributed by atoms with Gasteiger partial charge in [-0.3, -0.25) is 14.6 Å². The minimum Gasteiger partial charge on any atom is -0.488 e. The third-order valence-corrected chi connectivity index (χ3v) is 6.50. The van der Waals surface area contributed by atoms with Crippen molar-refractivity contribution in [2.75, 3.05) is 19.6 Å². The van der Waals surface area contributed by atoms with Gasteiger partial charge >= 0.3 is 0 Å². The van der Waals surface area contributed by atoms with E-state index in [0.29, 0.717) is 25.9 Å². The zero-order chi connectivity index (χ0) is 23.7. The van der Waals surface area contributed by atoms with Crippen LogP contribution in [0.1, 0.15) is 34.9 Å². The molecule has 1 saturated heterocycles. The molecule has 1 fully saturated rings. The summed E-state index contributed by atoms with van der Waals surface area (Å²) in [6.45, 7) is 4.94. The molecule has 174 valence electrons. The van der Waals surface area contributed by atoms with E-state index < -0.39 is 0 Å². The summed E-state index contributed by atoms with van der Waals surface area (Å²) in [5, 5.41) is 2.94. The zero-order valence-electron chi connectivity index (χ0n) is 19.5.